The van der Waals surface area contributed by atoms with Crippen molar-refractivity contribution in [3.8, 4) is 0 Å². The van der Waals surface area contributed by atoms with E-state index in [1.807, 2.05) is 0 Å². The van der Waals surface area contributed by atoms with Gasteiger partial charge in [0.25, 0.3) is 0 Å². The van der Waals surface area contributed by atoms with Gasteiger partial charge in [-0.2, -0.15) is 0 Å². The first kappa shape index (κ1) is 21.0. The Balaban J connectivity index is 0.00000441. The molecule has 1 aliphatic rings. The average Bonchev–Trinajstić information content (AvgIpc) is 2.80. The predicted octanol–water partition coefficient (Wildman–Crippen LogP) is 2.26. The number of aliphatic hydroxyl groups is 1. The Bertz CT molecular complexity index is 347. The lowest BCUT2D eigenvalue weighted by atomic mass is 10.1. The smallest absolute Gasteiger partial charge is 0.359 e. The van der Waals surface area contributed by atoms with Crippen molar-refractivity contribution in [3.63, 3.8) is 0 Å². The second-order valence-corrected chi connectivity index (χ2v) is 6.04. The SMILES string of the molecule is CCCCCCCCCC1=NCC[N+]1(CCO)CC(=O)O.[OH-]. The molecule has 22 heavy (non-hydrogen) atoms. The first-order valence-electron chi connectivity index (χ1n) is 8.37. The van der Waals surface area contributed by atoms with Crippen LogP contribution in [0.1, 0.15) is 58.3 Å². The van der Waals surface area contributed by atoms with Crippen molar-refractivity contribution < 1.29 is 25.0 Å². The average molecular weight is 316 g/mol. The molecule has 0 saturated carbocycles. The van der Waals surface area contributed by atoms with E-state index >= 15 is 0 Å². The van der Waals surface area contributed by atoms with Gasteiger partial charge in [-0.15, -0.1) is 0 Å². The number of quaternary nitrogens is 1. The van der Waals surface area contributed by atoms with Crippen LogP contribution in [0, 0.1) is 0 Å². The molecule has 1 heterocycles. The number of hydrogen-bond acceptors (Lipinski definition) is 4. The minimum atomic E-state index is -0.808. The Morgan fingerprint density at radius 3 is 2.41 bits per heavy atom. The summed E-state index contributed by atoms with van der Waals surface area (Å²) in [4.78, 5) is 15.6. The maximum Gasteiger partial charge on any atom is 0.359 e. The van der Waals surface area contributed by atoms with E-state index in [-0.39, 0.29) is 18.6 Å². The summed E-state index contributed by atoms with van der Waals surface area (Å²) < 4.78 is 0.363. The molecular weight excluding hydrogens is 284 g/mol. The third-order valence-electron chi connectivity index (χ3n) is 4.34. The third-order valence-corrected chi connectivity index (χ3v) is 4.34. The molecule has 0 aliphatic carbocycles. The summed E-state index contributed by atoms with van der Waals surface area (Å²) in [5, 5.41) is 18.4. The van der Waals surface area contributed by atoms with E-state index in [1.54, 1.807) is 0 Å². The standard InChI is InChI=1S/C16H30N2O3.H2O/c1-2-3-4-5-6-7-8-9-15-17-10-11-18(15,12-13-19)14-16(20)21;/h19H,2-14H2,1H3;1H2. The van der Waals surface area contributed by atoms with Gasteiger partial charge in [-0.1, -0.05) is 45.4 Å². The van der Waals surface area contributed by atoms with E-state index in [1.165, 1.54) is 38.5 Å². The Hall–Kier alpha value is -0.980. The second-order valence-electron chi connectivity index (χ2n) is 6.04. The summed E-state index contributed by atoms with van der Waals surface area (Å²) in [6.07, 6.45) is 9.61. The van der Waals surface area contributed by atoms with Crippen LogP contribution in [0.2, 0.25) is 0 Å². The predicted molar refractivity (Wildman–Crippen MR) is 86.4 cm³/mol. The number of rotatable bonds is 12. The van der Waals surface area contributed by atoms with Crippen LogP contribution in [-0.4, -0.2) is 64.8 Å². The monoisotopic (exact) mass is 316 g/mol. The van der Waals surface area contributed by atoms with Crippen molar-refractivity contribution in [3.05, 3.63) is 0 Å². The van der Waals surface area contributed by atoms with Crippen molar-refractivity contribution in [1.29, 1.82) is 0 Å². The molecule has 0 aromatic carbocycles. The van der Waals surface area contributed by atoms with Gasteiger partial charge in [-0.05, 0) is 6.42 Å². The van der Waals surface area contributed by atoms with Gasteiger partial charge in [0.1, 0.15) is 13.1 Å². The fourth-order valence-corrected chi connectivity index (χ4v) is 3.15. The van der Waals surface area contributed by atoms with Crippen molar-refractivity contribution in [1.82, 2.24) is 0 Å². The topological polar surface area (TPSA) is 99.9 Å². The fraction of sp³-hybridized carbons (Fsp3) is 0.875. The second kappa shape index (κ2) is 11.6. The van der Waals surface area contributed by atoms with E-state index in [2.05, 4.69) is 11.9 Å². The van der Waals surface area contributed by atoms with Gasteiger partial charge >= 0.3 is 5.97 Å². The van der Waals surface area contributed by atoms with Crippen LogP contribution in [0.4, 0.5) is 0 Å². The minimum absolute atomic E-state index is 0. The van der Waals surface area contributed by atoms with Crippen LogP contribution in [0.5, 0.6) is 0 Å². The van der Waals surface area contributed by atoms with E-state index < -0.39 is 5.97 Å². The Morgan fingerprint density at radius 1 is 1.18 bits per heavy atom. The Morgan fingerprint density at radius 2 is 1.82 bits per heavy atom. The molecule has 0 aromatic rings. The first-order chi connectivity index (χ1) is 10.1. The lowest BCUT2D eigenvalue weighted by molar-refractivity contribution is -0.829. The number of carboxylic acid groups (broad SMARTS) is 1. The zero-order valence-electron chi connectivity index (χ0n) is 13.8. The van der Waals surface area contributed by atoms with E-state index in [4.69, 9.17) is 5.11 Å². The molecule has 0 fully saturated rings. The summed E-state index contributed by atoms with van der Waals surface area (Å²) in [7, 11) is 0. The molecule has 6 heteroatoms. The highest BCUT2D eigenvalue weighted by molar-refractivity contribution is 5.80. The molecule has 0 radical (unpaired) electrons. The van der Waals surface area contributed by atoms with Gasteiger partial charge in [0, 0.05) is 6.42 Å². The quantitative estimate of drug-likeness (QED) is 0.426. The van der Waals surface area contributed by atoms with Gasteiger partial charge in [0.15, 0.2) is 12.4 Å². The third kappa shape index (κ3) is 6.85. The van der Waals surface area contributed by atoms with Crippen LogP contribution in [-0.2, 0) is 4.79 Å². The van der Waals surface area contributed by atoms with Crippen molar-refractivity contribution >= 4 is 11.8 Å². The summed E-state index contributed by atoms with van der Waals surface area (Å²) in [6.45, 7) is 4.18. The Labute approximate surface area is 133 Å². The van der Waals surface area contributed by atoms with Crippen LogP contribution in [0.3, 0.4) is 0 Å². The van der Waals surface area contributed by atoms with Crippen molar-refractivity contribution in [2.24, 2.45) is 4.99 Å². The summed E-state index contributed by atoms with van der Waals surface area (Å²) >= 11 is 0. The highest BCUT2D eigenvalue weighted by Gasteiger charge is 2.39. The highest BCUT2D eigenvalue weighted by atomic mass is 16.4. The molecule has 1 atom stereocenters. The van der Waals surface area contributed by atoms with Crippen LogP contribution in [0.15, 0.2) is 4.99 Å². The summed E-state index contributed by atoms with van der Waals surface area (Å²) in [5.41, 5.74) is 0. The molecular formula is C16H32N2O4. The van der Waals surface area contributed by atoms with Gasteiger partial charge in [-0.25, -0.2) is 9.79 Å². The zero-order chi connectivity index (χ0) is 15.6. The molecule has 0 aromatic heterocycles. The first-order valence-corrected chi connectivity index (χ1v) is 8.37. The number of nitrogens with zero attached hydrogens (tertiary/aromatic N) is 2. The number of hydrogen-bond donors (Lipinski definition) is 2. The number of aliphatic hydroxyl groups excluding tert-OH is 1. The van der Waals surface area contributed by atoms with E-state index in [0.717, 1.165) is 25.2 Å². The van der Waals surface area contributed by atoms with Crippen LogP contribution in [0.25, 0.3) is 0 Å². The minimum Gasteiger partial charge on any atom is -0.870 e. The molecule has 0 spiro atoms. The largest absolute Gasteiger partial charge is 0.870 e. The van der Waals surface area contributed by atoms with Gasteiger partial charge in [0.2, 0.25) is 0 Å². The van der Waals surface area contributed by atoms with Gasteiger partial charge in [0.05, 0.1) is 13.2 Å². The molecule has 0 bridgehead atoms. The van der Waals surface area contributed by atoms with Crippen LogP contribution < -0.4 is 0 Å². The van der Waals surface area contributed by atoms with Gasteiger partial charge < -0.3 is 15.7 Å². The highest BCUT2D eigenvalue weighted by Crippen LogP contribution is 2.20. The molecule has 0 amide bonds. The Kier molecular flexibility index (Phi) is 11.1. The van der Waals surface area contributed by atoms with Crippen LogP contribution >= 0.6 is 0 Å². The molecule has 1 unspecified atom stereocenters. The van der Waals surface area contributed by atoms with Crippen molar-refractivity contribution in [2.45, 2.75) is 58.3 Å². The fourth-order valence-electron chi connectivity index (χ4n) is 3.15. The molecule has 130 valence electrons. The van der Waals surface area contributed by atoms with E-state index in [9.17, 15) is 9.90 Å². The molecule has 1 rings (SSSR count). The van der Waals surface area contributed by atoms with Gasteiger partial charge in [-0.3, -0.25) is 4.48 Å². The normalized spacial score (nSPS) is 20.5. The molecule has 1 aliphatic heterocycles. The zero-order valence-corrected chi connectivity index (χ0v) is 13.8. The number of carboxylic acids is 1. The lowest BCUT2D eigenvalue weighted by Crippen LogP contribution is -2.55. The maximum absolute atomic E-state index is 11.1. The molecule has 0 saturated heterocycles. The number of aliphatic carboxylic acids is 1. The molecule has 6 nitrogen and oxygen atoms in total. The van der Waals surface area contributed by atoms with E-state index in [0.29, 0.717) is 17.6 Å². The number of unbranched alkanes of at least 4 members (excludes halogenated alkanes) is 6. The summed E-state index contributed by atoms with van der Waals surface area (Å²) in [6, 6.07) is 0. The van der Waals surface area contributed by atoms with Crippen molar-refractivity contribution in [2.75, 3.05) is 32.8 Å². The summed E-state index contributed by atoms with van der Waals surface area (Å²) in [5.74, 6) is 0.178. The maximum atomic E-state index is 11.1. The number of carbonyl (C=O) groups is 1. The lowest BCUT2D eigenvalue weighted by Gasteiger charge is -2.32. The number of aliphatic imine (C=N–C) groups is 1. The molecule has 3 N–H and O–H groups in total. The number of amidine groups is 1.